The number of nitrogens with zero attached hydrogens (tertiary/aromatic N) is 3. The zero-order valence-corrected chi connectivity index (χ0v) is 10.8. The Hall–Kier alpha value is -2.05. The molecule has 0 bridgehead atoms. The molecular formula is C13H12N4OS. The maximum atomic E-state index is 10.1. The van der Waals surface area contributed by atoms with Crippen LogP contribution >= 0.6 is 11.3 Å². The van der Waals surface area contributed by atoms with E-state index in [2.05, 4.69) is 20.3 Å². The van der Waals surface area contributed by atoms with Gasteiger partial charge in [0.1, 0.15) is 17.0 Å². The van der Waals surface area contributed by atoms with E-state index in [0.717, 1.165) is 21.6 Å². The third-order valence-electron chi connectivity index (χ3n) is 2.82. The molecule has 1 atom stereocenters. The van der Waals surface area contributed by atoms with Crippen LogP contribution in [-0.2, 0) is 0 Å². The second-order valence-corrected chi connectivity index (χ2v) is 4.93. The summed E-state index contributed by atoms with van der Waals surface area (Å²) in [6.45, 7) is 0.395. The molecule has 3 heterocycles. The molecule has 3 rings (SSSR count). The van der Waals surface area contributed by atoms with E-state index < -0.39 is 6.10 Å². The summed E-state index contributed by atoms with van der Waals surface area (Å²) in [7, 11) is 0. The standard InChI is InChI=1S/C13H12N4OS/c18-11(9-1-4-14-5-2-9)7-15-12-10-3-6-19-13(10)17-8-16-12/h1-6,8,11,18H,7H2,(H,15,16,17). The number of aliphatic hydroxyl groups excluding tert-OH is 1. The summed E-state index contributed by atoms with van der Waals surface area (Å²) in [6, 6.07) is 5.57. The first kappa shape index (κ1) is 12.0. The molecule has 3 aromatic rings. The van der Waals surface area contributed by atoms with Gasteiger partial charge in [-0.1, -0.05) is 0 Å². The van der Waals surface area contributed by atoms with Crippen molar-refractivity contribution in [3.05, 3.63) is 47.9 Å². The van der Waals surface area contributed by atoms with Gasteiger partial charge in [0, 0.05) is 18.9 Å². The number of fused-ring (bicyclic) bond motifs is 1. The Kier molecular flexibility index (Phi) is 3.35. The van der Waals surface area contributed by atoms with E-state index in [-0.39, 0.29) is 0 Å². The van der Waals surface area contributed by atoms with Crippen molar-refractivity contribution in [1.82, 2.24) is 15.0 Å². The van der Waals surface area contributed by atoms with Crippen molar-refractivity contribution in [3.8, 4) is 0 Å². The zero-order valence-electron chi connectivity index (χ0n) is 10.0. The normalized spacial score (nSPS) is 12.5. The molecule has 19 heavy (non-hydrogen) atoms. The molecule has 0 saturated heterocycles. The van der Waals surface area contributed by atoms with E-state index in [4.69, 9.17) is 0 Å². The highest BCUT2D eigenvalue weighted by molar-refractivity contribution is 7.16. The molecule has 0 amide bonds. The number of hydrogen-bond donors (Lipinski definition) is 2. The van der Waals surface area contributed by atoms with Gasteiger partial charge in [0.25, 0.3) is 0 Å². The molecule has 5 nitrogen and oxygen atoms in total. The SMILES string of the molecule is OC(CNc1ncnc2sccc12)c1ccncc1. The number of pyridine rings is 1. The van der Waals surface area contributed by atoms with Crippen LogP contribution in [0.1, 0.15) is 11.7 Å². The average Bonchev–Trinajstić information content (AvgIpc) is 2.94. The third-order valence-corrected chi connectivity index (χ3v) is 3.64. The van der Waals surface area contributed by atoms with Crippen LogP contribution in [0.4, 0.5) is 5.82 Å². The summed E-state index contributed by atoms with van der Waals surface area (Å²) in [5.74, 6) is 0.749. The van der Waals surface area contributed by atoms with Crippen LogP contribution < -0.4 is 5.32 Å². The van der Waals surface area contributed by atoms with Crippen molar-refractivity contribution in [2.45, 2.75) is 6.10 Å². The molecule has 3 aromatic heterocycles. The summed E-state index contributed by atoms with van der Waals surface area (Å²) < 4.78 is 0. The fourth-order valence-electron chi connectivity index (χ4n) is 1.83. The molecule has 0 spiro atoms. The Morgan fingerprint density at radius 2 is 2.05 bits per heavy atom. The summed E-state index contributed by atoms with van der Waals surface area (Å²) in [5.41, 5.74) is 0.832. The van der Waals surface area contributed by atoms with Crippen molar-refractivity contribution < 1.29 is 5.11 Å². The van der Waals surface area contributed by atoms with Crippen LogP contribution in [0.3, 0.4) is 0 Å². The molecule has 96 valence electrons. The molecule has 0 aliphatic heterocycles. The molecule has 0 radical (unpaired) electrons. The van der Waals surface area contributed by atoms with Crippen LogP contribution in [0.15, 0.2) is 42.3 Å². The Bertz CT molecular complexity index is 670. The van der Waals surface area contributed by atoms with E-state index >= 15 is 0 Å². The molecule has 0 aliphatic carbocycles. The van der Waals surface area contributed by atoms with Crippen LogP contribution in [0.5, 0.6) is 0 Å². The number of hydrogen-bond acceptors (Lipinski definition) is 6. The third kappa shape index (κ3) is 2.54. The predicted molar refractivity (Wildman–Crippen MR) is 75.1 cm³/mol. The second-order valence-electron chi connectivity index (χ2n) is 4.04. The lowest BCUT2D eigenvalue weighted by Gasteiger charge is -2.12. The summed E-state index contributed by atoms with van der Waals surface area (Å²) in [4.78, 5) is 13.3. The van der Waals surface area contributed by atoms with Gasteiger partial charge in [0.2, 0.25) is 0 Å². The number of aromatic nitrogens is 3. The Labute approximate surface area is 114 Å². The van der Waals surface area contributed by atoms with Crippen molar-refractivity contribution in [2.24, 2.45) is 0 Å². The molecular weight excluding hydrogens is 260 g/mol. The van der Waals surface area contributed by atoms with Crippen molar-refractivity contribution in [1.29, 1.82) is 0 Å². The van der Waals surface area contributed by atoms with Crippen LogP contribution in [0.25, 0.3) is 10.2 Å². The zero-order chi connectivity index (χ0) is 13.1. The number of thiophene rings is 1. The first-order valence-electron chi connectivity index (χ1n) is 5.84. The van der Waals surface area contributed by atoms with Crippen molar-refractivity contribution in [2.75, 3.05) is 11.9 Å². The highest BCUT2D eigenvalue weighted by atomic mass is 32.1. The van der Waals surface area contributed by atoms with Crippen molar-refractivity contribution in [3.63, 3.8) is 0 Å². The molecule has 2 N–H and O–H groups in total. The van der Waals surface area contributed by atoms with Gasteiger partial charge in [-0.15, -0.1) is 11.3 Å². The van der Waals surface area contributed by atoms with Gasteiger partial charge in [0.05, 0.1) is 11.5 Å². The molecule has 0 saturated carbocycles. The van der Waals surface area contributed by atoms with E-state index in [1.807, 2.05) is 11.4 Å². The second kappa shape index (κ2) is 5.29. The molecule has 0 fully saturated rings. The summed E-state index contributed by atoms with van der Waals surface area (Å²) >= 11 is 1.57. The van der Waals surface area contributed by atoms with Gasteiger partial charge < -0.3 is 10.4 Å². The highest BCUT2D eigenvalue weighted by Gasteiger charge is 2.09. The fraction of sp³-hybridized carbons (Fsp3) is 0.154. The quantitative estimate of drug-likeness (QED) is 0.762. The minimum absolute atomic E-state index is 0.395. The van der Waals surface area contributed by atoms with Crippen LogP contribution in [0, 0.1) is 0 Å². The average molecular weight is 272 g/mol. The Balaban J connectivity index is 1.74. The fourth-order valence-corrected chi connectivity index (χ4v) is 2.56. The van der Waals surface area contributed by atoms with Gasteiger partial charge in [-0.25, -0.2) is 9.97 Å². The van der Waals surface area contributed by atoms with Crippen LogP contribution in [0.2, 0.25) is 0 Å². The Morgan fingerprint density at radius 1 is 1.21 bits per heavy atom. The van der Waals surface area contributed by atoms with Gasteiger partial charge >= 0.3 is 0 Å². The predicted octanol–water partition coefficient (Wildman–Crippen LogP) is 2.23. The van der Waals surface area contributed by atoms with Gasteiger partial charge in [-0.05, 0) is 29.1 Å². The number of rotatable bonds is 4. The maximum absolute atomic E-state index is 10.1. The van der Waals surface area contributed by atoms with E-state index in [9.17, 15) is 5.11 Å². The lowest BCUT2D eigenvalue weighted by Crippen LogP contribution is -2.13. The highest BCUT2D eigenvalue weighted by Crippen LogP contribution is 2.24. The van der Waals surface area contributed by atoms with Crippen molar-refractivity contribution >= 4 is 27.4 Å². The smallest absolute Gasteiger partial charge is 0.138 e. The monoisotopic (exact) mass is 272 g/mol. The largest absolute Gasteiger partial charge is 0.387 e. The van der Waals surface area contributed by atoms with E-state index in [1.54, 1.807) is 35.9 Å². The minimum Gasteiger partial charge on any atom is -0.387 e. The summed E-state index contributed by atoms with van der Waals surface area (Å²) in [5, 5.41) is 16.2. The maximum Gasteiger partial charge on any atom is 0.138 e. The lowest BCUT2D eigenvalue weighted by molar-refractivity contribution is 0.191. The number of anilines is 1. The van der Waals surface area contributed by atoms with Gasteiger partial charge in [0.15, 0.2) is 0 Å². The molecule has 0 aromatic carbocycles. The van der Waals surface area contributed by atoms with Crippen LogP contribution in [-0.4, -0.2) is 26.6 Å². The Morgan fingerprint density at radius 3 is 2.89 bits per heavy atom. The lowest BCUT2D eigenvalue weighted by atomic mass is 10.1. The summed E-state index contributed by atoms with van der Waals surface area (Å²) in [6.07, 6.45) is 4.27. The number of aliphatic hydroxyl groups is 1. The van der Waals surface area contributed by atoms with Gasteiger partial charge in [-0.3, -0.25) is 4.98 Å². The molecule has 1 unspecified atom stereocenters. The first-order chi connectivity index (χ1) is 9.34. The minimum atomic E-state index is -0.591. The van der Waals surface area contributed by atoms with Gasteiger partial charge in [-0.2, -0.15) is 0 Å². The van der Waals surface area contributed by atoms with E-state index in [0.29, 0.717) is 6.54 Å². The van der Waals surface area contributed by atoms with E-state index in [1.165, 1.54) is 6.33 Å². The first-order valence-corrected chi connectivity index (χ1v) is 6.72. The number of nitrogens with one attached hydrogen (secondary N) is 1. The molecule has 6 heteroatoms. The topological polar surface area (TPSA) is 70.9 Å². The molecule has 0 aliphatic rings.